The number of nitrogens with zero attached hydrogens (tertiary/aromatic N) is 4. The van der Waals surface area contributed by atoms with Gasteiger partial charge in [-0.3, -0.25) is 9.48 Å². The van der Waals surface area contributed by atoms with Crippen LogP contribution >= 0.6 is 0 Å². The second kappa shape index (κ2) is 5.85. The lowest BCUT2D eigenvalue weighted by molar-refractivity contribution is -0.121. The summed E-state index contributed by atoms with van der Waals surface area (Å²) in [5, 5.41) is 14.5. The first-order valence-electron chi connectivity index (χ1n) is 6.53. The van der Waals surface area contributed by atoms with E-state index in [1.807, 2.05) is 25.6 Å². The smallest absolute Gasteiger partial charge is 0.220 e. The van der Waals surface area contributed by atoms with Crippen molar-refractivity contribution >= 4 is 5.91 Å². The van der Waals surface area contributed by atoms with Crippen LogP contribution in [-0.2, 0) is 24.8 Å². The number of amides is 1. The molecule has 7 heteroatoms. The summed E-state index contributed by atoms with van der Waals surface area (Å²) in [5.74, 6) is -0.0185. The van der Waals surface area contributed by atoms with Crippen molar-refractivity contribution in [2.45, 2.75) is 40.2 Å². The van der Waals surface area contributed by atoms with Crippen LogP contribution in [-0.4, -0.2) is 26.0 Å². The normalized spacial score (nSPS) is 10.8. The molecule has 2 aromatic heterocycles. The maximum absolute atomic E-state index is 11.8. The Morgan fingerprint density at radius 2 is 2.00 bits per heavy atom. The number of nitrogens with one attached hydrogen (secondary N) is 1. The van der Waals surface area contributed by atoms with Crippen LogP contribution in [0.5, 0.6) is 0 Å². The van der Waals surface area contributed by atoms with Gasteiger partial charge in [0.2, 0.25) is 5.91 Å². The average molecular weight is 277 g/mol. The highest BCUT2D eigenvalue weighted by Gasteiger charge is 2.12. The van der Waals surface area contributed by atoms with Crippen LogP contribution in [0.25, 0.3) is 0 Å². The molecule has 0 saturated heterocycles. The predicted octanol–water partition coefficient (Wildman–Crippen LogP) is 0.977. The zero-order valence-electron chi connectivity index (χ0n) is 12.2. The molecule has 0 aliphatic heterocycles. The second-order valence-corrected chi connectivity index (χ2v) is 4.85. The topological polar surface area (TPSA) is 85.8 Å². The van der Waals surface area contributed by atoms with E-state index in [4.69, 9.17) is 0 Å². The lowest BCUT2D eigenvalue weighted by atomic mass is 10.1. The zero-order chi connectivity index (χ0) is 14.7. The largest absolute Gasteiger partial charge is 0.350 e. The number of carbonyl (C=O) groups excluding carboxylic acids is 1. The Hall–Kier alpha value is -2.18. The van der Waals surface area contributed by atoms with E-state index in [-0.39, 0.29) is 5.91 Å². The fourth-order valence-electron chi connectivity index (χ4n) is 2.10. The van der Waals surface area contributed by atoms with Crippen molar-refractivity contribution in [2.75, 3.05) is 0 Å². The third-order valence-electron chi connectivity index (χ3n) is 3.46. The summed E-state index contributed by atoms with van der Waals surface area (Å²) < 4.78 is 6.42. The molecule has 7 nitrogen and oxygen atoms in total. The molecule has 0 aliphatic rings. The average Bonchev–Trinajstić information content (AvgIpc) is 2.91. The van der Waals surface area contributed by atoms with Crippen LogP contribution in [0.4, 0.5) is 0 Å². The maximum Gasteiger partial charge on any atom is 0.220 e. The van der Waals surface area contributed by atoms with E-state index < -0.39 is 0 Å². The van der Waals surface area contributed by atoms with Crippen molar-refractivity contribution < 1.29 is 9.42 Å². The van der Waals surface area contributed by atoms with Crippen LogP contribution in [0.3, 0.4) is 0 Å². The number of rotatable bonds is 5. The Morgan fingerprint density at radius 3 is 2.55 bits per heavy atom. The van der Waals surface area contributed by atoms with E-state index in [1.54, 1.807) is 6.92 Å². The number of hydrogen-bond donors (Lipinski definition) is 1. The van der Waals surface area contributed by atoms with Crippen molar-refractivity contribution in [1.82, 2.24) is 25.4 Å². The summed E-state index contributed by atoms with van der Waals surface area (Å²) in [7, 11) is 1.91. The first kappa shape index (κ1) is 14.2. The highest BCUT2D eigenvalue weighted by atomic mass is 16.6. The minimum Gasteiger partial charge on any atom is -0.350 e. The second-order valence-electron chi connectivity index (χ2n) is 4.85. The number of aryl methyl sites for hydroxylation is 3. The number of carbonyl (C=O) groups is 1. The zero-order valence-corrected chi connectivity index (χ0v) is 12.2. The van der Waals surface area contributed by atoms with Gasteiger partial charge in [0.25, 0.3) is 0 Å². The molecule has 2 rings (SSSR count). The van der Waals surface area contributed by atoms with Gasteiger partial charge in [0.05, 0.1) is 12.2 Å². The summed E-state index contributed by atoms with van der Waals surface area (Å²) in [6.07, 6.45) is 1.12. The van der Waals surface area contributed by atoms with Crippen molar-refractivity contribution in [3.05, 3.63) is 28.3 Å². The Balaban J connectivity index is 1.85. The monoisotopic (exact) mass is 277 g/mol. The van der Waals surface area contributed by atoms with E-state index >= 15 is 0 Å². The SMILES string of the molecule is Cc1nonc1CNC(=O)CCc1c(C)nn(C)c1C. The van der Waals surface area contributed by atoms with Gasteiger partial charge in [-0.1, -0.05) is 10.3 Å². The van der Waals surface area contributed by atoms with Gasteiger partial charge in [0, 0.05) is 19.2 Å². The van der Waals surface area contributed by atoms with Crippen LogP contribution in [0, 0.1) is 20.8 Å². The van der Waals surface area contributed by atoms with Crippen LogP contribution < -0.4 is 5.32 Å². The molecule has 0 bridgehead atoms. The van der Waals surface area contributed by atoms with E-state index in [9.17, 15) is 4.79 Å². The quantitative estimate of drug-likeness (QED) is 0.880. The molecule has 0 atom stereocenters. The molecule has 0 radical (unpaired) electrons. The van der Waals surface area contributed by atoms with Crippen molar-refractivity contribution in [3.8, 4) is 0 Å². The molecule has 0 aromatic carbocycles. The molecule has 1 amide bonds. The minimum atomic E-state index is -0.0185. The molecule has 2 heterocycles. The van der Waals surface area contributed by atoms with Gasteiger partial charge in [0.1, 0.15) is 11.4 Å². The summed E-state index contributed by atoms with van der Waals surface area (Å²) in [5.41, 5.74) is 4.58. The summed E-state index contributed by atoms with van der Waals surface area (Å²) >= 11 is 0. The first-order valence-corrected chi connectivity index (χ1v) is 6.53. The highest BCUT2D eigenvalue weighted by molar-refractivity contribution is 5.76. The molecular formula is C13H19N5O2. The molecule has 2 aromatic rings. The van der Waals surface area contributed by atoms with Gasteiger partial charge >= 0.3 is 0 Å². The van der Waals surface area contributed by atoms with E-state index in [0.717, 1.165) is 17.0 Å². The molecule has 0 spiro atoms. The molecular weight excluding hydrogens is 258 g/mol. The third-order valence-corrected chi connectivity index (χ3v) is 3.46. The van der Waals surface area contributed by atoms with Crippen molar-refractivity contribution in [3.63, 3.8) is 0 Å². The van der Waals surface area contributed by atoms with Gasteiger partial charge in [-0.05, 0) is 32.8 Å². The molecule has 0 aliphatic carbocycles. The third kappa shape index (κ3) is 3.04. The Kier molecular flexibility index (Phi) is 4.16. The fraction of sp³-hybridized carbons (Fsp3) is 0.538. The van der Waals surface area contributed by atoms with Gasteiger partial charge in [-0.2, -0.15) is 5.10 Å². The lowest BCUT2D eigenvalue weighted by Crippen LogP contribution is -2.23. The van der Waals surface area contributed by atoms with Gasteiger partial charge in [-0.25, -0.2) is 4.63 Å². The van der Waals surface area contributed by atoms with Crippen LogP contribution in [0.2, 0.25) is 0 Å². The van der Waals surface area contributed by atoms with Gasteiger partial charge < -0.3 is 5.32 Å². The van der Waals surface area contributed by atoms with E-state index in [2.05, 4.69) is 25.4 Å². The molecule has 0 fully saturated rings. The Bertz CT molecular complexity index is 614. The predicted molar refractivity (Wildman–Crippen MR) is 71.9 cm³/mol. The highest BCUT2D eigenvalue weighted by Crippen LogP contribution is 2.13. The van der Waals surface area contributed by atoms with Crippen molar-refractivity contribution in [1.29, 1.82) is 0 Å². The maximum atomic E-state index is 11.8. The van der Waals surface area contributed by atoms with Gasteiger partial charge in [-0.15, -0.1) is 0 Å². The molecule has 0 unspecified atom stereocenters. The molecule has 0 saturated carbocycles. The Labute approximate surface area is 117 Å². The molecule has 108 valence electrons. The fourth-order valence-corrected chi connectivity index (χ4v) is 2.10. The van der Waals surface area contributed by atoms with Crippen LogP contribution in [0.1, 0.15) is 34.8 Å². The standard InChI is InChI=1S/C13H19N5O2/c1-8-11(10(3)18(4)15-8)5-6-13(19)14-7-12-9(2)16-20-17-12/h5-7H2,1-4H3,(H,14,19). The van der Waals surface area contributed by atoms with Gasteiger partial charge in [0.15, 0.2) is 0 Å². The van der Waals surface area contributed by atoms with Crippen molar-refractivity contribution in [2.24, 2.45) is 7.05 Å². The number of aromatic nitrogens is 4. The van der Waals surface area contributed by atoms with E-state index in [0.29, 0.717) is 30.8 Å². The summed E-state index contributed by atoms with van der Waals surface area (Å²) in [6.45, 7) is 6.11. The summed E-state index contributed by atoms with van der Waals surface area (Å²) in [4.78, 5) is 11.8. The minimum absolute atomic E-state index is 0.0185. The lowest BCUT2D eigenvalue weighted by Gasteiger charge is -2.04. The van der Waals surface area contributed by atoms with Crippen LogP contribution in [0.15, 0.2) is 4.63 Å². The van der Waals surface area contributed by atoms with E-state index in [1.165, 1.54) is 0 Å². The Morgan fingerprint density at radius 1 is 1.25 bits per heavy atom. The molecule has 20 heavy (non-hydrogen) atoms. The summed E-state index contributed by atoms with van der Waals surface area (Å²) in [6, 6.07) is 0. The molecule has 1 N–H and O–H groups in total. The number of hydrogen-bond acceptors (Lipinski definition) is 5. The first-order chi connectivity index (χ1) is 9.49.